The number of carbonyl (C=O) groups excluding carboxylic acids is 2. The predicted molar refractivity (Wildman–Crippen MR) is 138 cm³/mol. The average Bonchev–Trinajstić information content (AvgIpc) is 3.41. The average molecular weight is 517 g/mol. The number of carbonyl (C=O) groups is 2. The summed E-state index contributed by atoms with van der Waals surface area (Å²) in [6.45, 7) is 13.8. The van der Waals surface area contributed by atoms with Crippen LogP contribution < -0.4 is 0 Å². The van der Waals surface area contributed by atoms with Gasteiger partial charge in [0.1, 0.15) is 6.10 Å². The molecule has 0 N–H and O–H groups in total. The van der Waals surface area contributed by atoms with Crippen LogP contribution in [-0.4, -0.2) is 43.1 Å². The number of hydrogen-bond acceptors (Lipinski definition) is 6. The summed E-state index contributed by atoms with van der Waals surface area (Å²) in [5.41, 5.74) is 0.638. The third-order valence-corrected chi connectivity index (χ3v) is 12.8. The van der Waals surface area contributed by atoms with E-state index in [0.717, 1.165) is 31.1 Å². The topological polar surface area (TPSA) is 71.1 Å². The van der Waals surface area contributed by atoms with Crippen LogP contribution in [0.5, 0.6) is 0 Å². The van der Waals surface area contributed by atoms with Crippen molar-refractivity contribution >= 4 is 11.9 Å². The molecule has 6 fully saturated rings. The first kappa shape index (κ1) is 26.1. The Bertz CT molecular complexity index is 935. The minimum atomic E-state index is -0.617. The van der Waals surface area contributed by atoms with Crippen LogP contribution in [0, 0.1) is 58.2 Å². The second-order valence-electron chi connectivity index (χ2n) is 14.3. The Morgan fingerprint density at radius 3 is 2.41 bits per heavy atom. The first-order chi connectivity index (χ1) is 17.5. The maximum atomic E-state index is 11.6. The molecule has 0 amide bonds. The lowest BCUT2D eigenvalue weighted by atomic mass is 9.44. The fourth-order valence-corrected chi connectivity index (χ4v) is 11.2. The molecule has 208 valence electrons. The number of esters is 2. The standard InChI is InChI=1S/C31H48O6/c1-17-15-35-31(26(17)16-34-19(3)32)18(2)28-27(37-31)14-25-23-8-7-21-13-22(36-20(4)33)9-11-29(21,5)24(23)10-12-30(25,28)6/h17-18,21-28H,7-16H2,1-6H3/t17-,18+,21-,22-,23-,24+,25+,26+,27+,28+,29+,30+,31+/m1/s1. The minimum Gasteiger partial charge on any atom is -0.465 e. The van der Waals surface area contributed by atoms with Gasteiger partial charge in [-0.3, -0.25) is 9.59 Å². The van der Waals surface area contributed by atoms with Gasteiger partial charge in [0.25, 0.3) is 0 Å². The Labute approximate surface area is 222 Å². The third kappa shape index (κ3) is 3.77. The summed E-state index contributed by atoms with van der Waals surface area (Å²) in [5, 5.41) is 0. The molecule has 2 saturated heterocycles. The number of ether oxygens (including phenoxy) is 4. The van der Waals surface area contributed by atoms with E-state index in [4.69, 9.17) is 18.9 Å². The van der Waals surface area contributed by atoms with Crippen molar-refractivity contribution in [2.75, 3.05) is 13.2 Å². The van der Waals surface area contributed by atoms with Gasteiger partial charge in [0, 0.05) is 19.8 Å². The summed E-state index contributed by atoms with van der Waals surface area (Å²) in [4.78, 5) is 23.2. The van der Waals surface area contributed by atoms with E-state index in [1.54, 1.807) is 6.92 Å². The Morgan fingerprint density at radius 1 is 0.919 bits per heavy atom. The highest BCUT2D eigenvalue weighted by atomic mass is 16.7. The number of rotatable bonds is 3. The molecule has 2 aliphatic heterocycles. The zero-order chi connectivity index (χ0) is 26.3. The summed E-state index contributed by atoms with van der Waals surface area (Å²) >= 11 is 0. The molecule has 6 nitrogen and oxygen atoms in total. The van der Waals surface area contributed by atoms with Gasteiger partial charge in [-0.15, -0.1) is 0 Å². The van der Waals surface area contributed by atoms with E-state index in [0.29, 0.717) is 48.2 Å². The molecule has 37 heavy (non-hydrogen) atoms. The third-order valence-electron chi connectivity index (χ3n) is 12.8. The predicted octanol–water partition coefficient (Wildman–Crippen LogP) is 5.76. The highest BCUT2D eigenvalue weighted by Crippen LogP contribution is 2.72. The van der Waals surface area contributed by atoms with Crippen molar-refractivity contribution < 1.29 is 28.5 Å². The van der Waals surface area contributed by atoms with Gasteiger partial charge in [0.05, 0.1) is 25.2 Å². The van der Waals surface area contributed by atoms with Gasteiger partial charge >= 0.3 is 11.9 Å². The monoisotopic (exact) mass is 516 g/mol. The van der Waals surface area contributed by atoms with Gasteiger partial charge in [-0.25, -0.2) is 0 Å². The number of fused-ring (bicyclic) bond motifs is 7. The minimum absolute atomic E-state index is 0.0946. The zero-order valence-corrected chi connectivity index (χ0v) is 23.8. The van der Waals surface area contributed by atoms with E-state index < -0.39 is 5.79 Å². The molecule has 0 unspecified atom stereocenters. The van der Waals surface area contributed by atoms with E-state index >= 15 is 0 Å². The smallest absolute Gasteiger partial charge is 0.302 e. The van der Waals surface area contributed by atoms with Gasteiger partial charge in [0.2, 0.25) is 0 Å². The lowest BCUT2D eigenvalue weighted by Crippen LogP contribution is -2.55. The van der Waals surface area contributed by atoms with E-state index in [1.807, 2.05) is 0 Å². The van der Waals surface area contributed by atoms with Crippen LogP contribution in [0.25, 0.3) is 0 Å². The SMILES string of the molecule is CC(=O)OC[C@H]1[C@H](C)CO[C@@]12O[C@H]1C[C@H]3[C@@H]4CC[C@@H]5C[C@H](OC(C)=O)CC[C@]5(C)[C@H]4CC[C@]3(C)[C@H]1[C@@H]2C. The van der Waals surface area contributed by atoms with E-state index in [1.165, 1.54) is 39.0 Å². The van der Waals surface area contributed by atoms with E-state index in [9.17, 15) is 9.59 Å². The Hall–Kier alpha value is -1.14. The van der Waals surface area contributed by atoms with Crippen molar-refractivity contribution in [2.24, 2.45) is 58.2 Å². The maximum absolute atomic E-state index is 11.6. The lowest BCUT2D eigenvalue weighted by Gasteiger charge is -2.61. The highest BCUT2D eigenvalue weighted by molar-refractivity contribution is 5.66. The molecule has 2 heterocycles. The molecule has 4 saturated carbocycles. The van der Waals surface area contributed by atoms with Crippen molar-refractivity contribution in [1.29, 1.82) is 0 Å². The molecular formula is C31H48O6. The van der Waals surface area contributed by atoms with Crippen molar-refractivity contribution in [3.05, 3.63) is 0 Å². The summed E-state index contributed by atoms with van der Waals surface area (Å²) in [5.74, 6) is 3.14. The molecule has 0 aromatic rings. The van der Waals surface area contributed by atoms with E-state index in [-0.39, 0.29) is 35.5 Å². The summed E-state index contributed by atoms with van der Waals surface area (Å²) in [6, 6.07) is 0. The fraction of sp³-hybridized carbons (Fsp3) is 0.935. The first-order valence-electron chi connectivity index (χ1n) is 15.1. The summed E-state index contributed by atoms with van der Waals surface area (Å²) in [7, 11) is 0. The molecule has 4 aliphatic carbocycles. The molecule has 0 radical (unpaired) electrons. The first-order valence-corrected chi connectivity index (χ1v) is 15.1. The van der Waals surface area contributed by atoms with Gasteiger partial charge in [-0.05, 0) is 97.7 Å². The van der Waals surface area contributed by atoms with Crippen LogP contribution in [0.3, 0.4) is 0 Å². The molecule has 6 heteroatoms. The number of hydrogen-bond donors (Lipinski definition) is 0. The van der Waals surface area contributed by atoms with Crippen LogP contribution in [0.1, 0.15) is 92.9 Å². The zero-order valence-electron chi connectivity index (χ0n) is 23.8. The molecule has 13 atom stereocenters. The van der Waals surface area contributed by atoms with Gasteiger partial charge < -0.3 is 18.9 Å². The second-order valence-corrected chi connectivity index (χ2v) is 14.3. The summed E-state index contributed by atoms with van der Waals surface area (Å²) in [6.07, 6.45) is 9.89. The Balaban J connectivity index is 1.21. The quantitative estimate of drug-likeness (QED) is 0.444. The molecule has 6 rings (SSSR count). The van der Waals surface area contributed by atoms with Gasteiger partial charge in [-0.1, -0.05) is 27.7 Å². The van der Waals surface area contributed by atoms with Crippen LogP contribution in [-0.2, 0) is 28.5 Å². The molecule has 0 bridgehead atoms. The van der Waals surface area contributed by atoms with Crippen LogP contribution in [0.15, 0.2) is 0 Å². The van der Waals surface area contributed by atoms with Crippen LogP contribution >= 0.6 is 0 Å². The second kappa shape index (κ2) is 8.94. The Kier molecular flexibility index (Phi) is 6.31. The lowest BCUT2D eigenvalue weighted by molar-refractivity contribution is -0.248. The van der Waals surface area contributed by atoms with Crippen molar-refractivity contribution in [3.63, 3.8) is 0 Å². The summed E-state index contributed by atoms with van der Waals surface area (Å²) < 4.78 is 24.7. The molecule has 6 aliphatic rings. The van der Waals surface area contributed by atoms with Crippen molar-refractivity contribution in [1.82, 2.24) is 0 Å². The largest absolute Gasteiger partial charge is 0.465 e. The van der Waals surface area contributed by atoms with E-state index in [2.05, 4.69) is 27.7 Å². The highest BCUT2D eigenvalue weighted by Gasteiger charge is 2.71. The molecule has 1 spiro atoms. The molecular weight excluding hydrogens is 468 g/mol. The maximum Gasteiger partial charge on any atom is 0.302 e. The van der Waals surface area contributed by atoms with Gasteiger partial charge in [0.15, 0.2) is 5.79 Å². The van der Waals surface area contributed by atoms with Crippen LogP contribution in [0.4, 0.5) is 0 Å². The van der Waals surface area contributed by atoms with Crippen LogP contribution in [0.2, 0.25) is 0 Å². The van der Waals surface area contributed by atoms with Crippen molar-refractivity contribution in [2.45, 2.75) is 111 Å². The molecule has 0 aromatic heterocycles. The normalized spacial score (nSPS) is 54.2. The van der Waals surface area contributed by atoms with Crippen molar-refractivity contribution in [3.8, 4) is 0 Å². The fourth-order valence-electron chi connectivity index (χ4n) is 11.2. The Morgan fingerprint density at radius 2 is 1.68 bits per heavy atom. The van der Waals surface area contributed by atoms with Gasteiger partial charge in [-0.2, -0.15) is 0 Å². The molecule has 0 aromatic carbocycles.